The molecule has 2 atom stereocenters. The van der Waals surface area contributed by atoms with E-state index >= 15 is 0 Å². The molecule has 188 valence electrons. The lowest BCUT2D eigenvalue weighted by atomic mass is 10.1. The van der Waals surface area contributed by atoms with Crippen molar-refractivity contribution in [3.63, 3.8) is 0 Å². The largest absolute Gasteiger partial charge is 0.387 e. The topological polar surface area (TPSA) is 85.9 Å². The third kappa shape index (κ3) is 4.81. The zero-order valence-electron chi connectivity index (χ0n) is 21.0. The summed E-state index contributed by atoms with van der Waals surface area (Å²) >= 11 is 1.48. The fraction of sp³-hybridized carbons (Fsp3) is 0.357. The van der Waals surface area contributed by atoms with Gasteiger partial charge < -0.3 is 20.6 Å². The molecule has 3 aromatic rings. The molecule has 2 aromatic carbocycles. The number of fused-ring (bicyclic) bond motifs is 1. The maximum atomic E-state index is 11.8. The Morgan fingerprint density at radius 2 is 1.86 bits per heavy atom. The van der Waals surface area contributed by atoms with E-state index in [1.165, 1.54) is 22.8 Å². The van der Waals surface area contributed by atoms with Crippen LogP contribution >= 0.6 is 11.8 Å². The molecule has 0 aliphatic carbocycles. The second-order valence-corrected chi connectivity index (χ2v) is 10.9. The highest BCUT2D eigenvalue weighted by atomic mass is 32.2. The Hall–Kier alpha value is -3.07. The van der Waals surface area contributed by atoms with Gasteiger partial charge >= 0.3 is 0 Å². The van der Waals surface area contributed by atoms with E-state index in [4.69, 9.17) is 5.73 Å². The van der Waals surface area contributed by atoms with Crippen LogP contribution in [-0.2, 0) is 4.79 Å². The van der Waals surface area contributed by atoms with E-state index in [1.54, 1.807) is 0 Å². The number of carbonyl (C=O) groups is 1. The Balaban J connectivity index is 1.24. The molecule has 2 aliphatic rings. The molecule has 3 heterocycles. The fourth-order valence-corrected chi connectivity index (χ4v) is 6.36. The average Bonchev–Trinajstić information content (AvgIpc) is 3.18. The molecule has 5 rings (SSSR count). The highest BCUT2D eigenvalue weighted by Crippen LogP contribution is 2.41. The lowest BCUT2D eigenvalue weighted by Gasteiger charge is -2.37. The molecular weight excluding hydrogens is 470 g/mol. The molecule has 0 spiro atoms. The van der Waals surface area contributed by atoms with Crippen LogP contribution in [0.5, 0.6) is 0 Å². The molecule has 0 radical (unpaired) electrons. The highest BCUT2D eigenvalue weighted by molar-refractivity contribution is 8.05. The van der Waals surface area contributed by atoms with Crippen LogP contribution < -0.4 is 15.5 Å². The number of aliphatic hydroxyl groups excluding tert-OH is 1. The van der Waals surface area contributed by atoms with Crippen molar-refractivity contribution < 1.29 is 9.90 Å². The van der Waals surface area contributed by atoms with Crippen molar-refractivity contribution in [1.82, 2.24) is 9.88 Å². The number of hydrogen-bond acceptors (Lipinski definition) is 7. The summed E-state index contributed by atoms with van der Waals surface area (Å²) in [6.07, 6.45) is -0.591. The molecule has 2 aliphatic heterocycles. The zero-order chi connectivity index (χ0) is 25.4. The first-order valence-electron chi connectivity index (χ1n) is 12.4. The number of amides is 1. The van der Waals surface area contributed by atoms with Gasteiger partial charge in [-0.1, -0.05) is 30.0 Å². The number of allylic oxidation sites excluding steroid dienone is 1. The van der Waals surface area contributed by atoms with Crippen molar-refractivity contribution >= 4 is 39.9 Å². The standard InChI is InChI=1S/C28H33N5O2S/c1-18-10-11-23-24(30-18)8-5-9-25(23)32-14-12-31(13-15-32)17-26(34)21-6-4-7-22(16-21)33-19(2)27(28(29)35)36-20(33)3/h4-11,16,20,26,34H,12-15,17H2,1-3H3,(H2,29,35). The first kappa shape index (κ1) is 24.6. The van der Waals surface area contributed by atoms with E-state index in [2.05, 4.69) is 56.9 Å². The first-order valence-corrected chi connectivity index (χ1v) is 13.3. The van der Waals surface area contributed by atoms with Crippen molar-refractivity contribution in [2.75, 3.05) is 42.5 Å². The predicted octanol–water partition coefficient (Wildman–Crippen LogP) is 4.01. The smallest absolute Gasteiger partial charge is 0.256 e. The van der Waals surface area contributed by atoms with Crippen molar-refractivity contribution in [1.29, 1.82) is 0 Å². The average molecular weight is 504 g/mol. The second-order valence-electron chi connectivity index (χ2n) is 9.56. The number of primary amides is 1. The molecule has 0 bridgehead atoms. The van der Waals surface area contributed by atoms with Gasteiger partial charge in [0.15, 0.2) is 0 Å². The van der Waals surface area contributed by atoms with E-state index in [0.29, 0.717) is 11.4 Å². The number of aromatic nitrogens is 1. The summed E-state index contributed by atoms with van der Waals surface area (Å²) in [6, 6.07) is 18.5. The number of hydrogen-bond donors (Lipinski definition) is 2. The van der Waals surface area contributed by atoms with E-state index < -0.39 is 12.0 Å². The Kier molecular flexibility index (Phi) is 6.92. The molecule has 1 aromatic heterocycles. The van der Waals surface area contributed by atoms with Crippen molar-refractivity contribution in [3.8, 4) is 0 Å². The van der Waals surface area contributed by atoms with E-state index in [1.807, 2.05) is 38.1 Å². The van der Waals surface area contributed by atoms with Crippen LogP contribution in [0.15, 0.2) is 65.2 Å². The number of β-amino-alcohol motifs (C(OH)–C–C–N with tert-alkyl or cyclic N) is 1. The molecule has 1 fully saturated rings. The highest BCUT2D eigenvalue weighted by Gasteiger charge is 2.31. The minimum Gasteiger partial charge on any atom is -0.387 e. The van der Waals surface area contributed by atoms with Crippen LogP contribution in [-0.4, -0.2) is 59.0 Å². The van der Waals surface area contributed by atoms with Gasteiger partial charge in [-0.3, -0.25) is 14.7 Å². The van der Waals surface area contributed by atoms with Crippen LogP contribution in [0.3, 0.4) is 0 Å². The third-order valence-corrected chi connectivity index (χ3v) is 8.38. The Labute approximate surface area is 216 Å². The fourth-order valence-electron chi connectivity index (χ4n) is 5.25. The van der Waals surface area contributed by atoms with Gasteiger partial charge in [-0.25, -0.2) is 0 Å². The van der Waals surface area contributed by atoms with Crippen LogP contribution in [0.1, 0.15) is 31.2 Å². The van der Waals surface area contributed by atoms with Gasteiger partial charge in [0.1, 0.15) is 0 Å². The Morgan fingerprint density at radius 3 is 2.58 bits per heavy atom. The van der Waals surface area contributed by atoms with Crippen LogP contribution in [0.25, 0.3) is 10.9 Å². The summed E-state index contributed by atoms with van der Waals surface area (Å²) in [7, 11) is 0. The minimum absolute atomic E-state index is 0.0705. The summed E-state index contributed by atoms with van der Waals surface area (Å²) in [4.78, 5) is 23.9. The number of carbonyl (C=O) groups excluding carboxylic acids is 1. The number of aliphatic hydroxyl groups is 1. The molecule has 1 saturated heterocycles. The van der Waals surface area contributed by atoms with Gasteiger partial charge in [0, 0.05) is 60.9 Å². The molecular formula is C28H33N5O2S. The molecule has 0 saturated carbocycles. The van der Waals surface area contributed by atoms with Gasteiger partial charge in [0.2, 0.25) is 0 Å². The minimum atomic E-state index is -0.591. The number of thioether (sulfide) groups is 1. The van der Waals surface area contributed by atoms with Gasteiger partial charge in [-0.15, -0.1) is 0 Å². The summed E-state index contributed by atoms with van der Waals surface area (Å²) in [5, 5.41) is 12.3. The number of piperazine rings is 1. The van der Waals surface area contributed by atoms with Crippen molar-refractivity contribution in [2.24, 2.45) is 5.73 Å². The summed E-state index contributed by atoms with van der Waals surface area (Å²) < 4.78 is 0. The predicted molar refractivity (Wildman–Crippen MR) is 148 cm³/mol. The van der Waals surface area contributed by atoms with Gasteiger partial charge in [0.25, 0.3) is 5.91 Å². The van der Waals surface area contributed by atoms with Gasteiger partial charge in [-0.05, 0) is 62.7 Å². The number of benzene rings is 2. The van der Waals surface area contributed by atoms with Crippen LogP contribution in [0.2, 0.25) is 0 Å². The first-order chi connectivity index (χ1) is 17.3. The molecule has 1 amide bonds. The van der Waals surface area contributed by atoms with E-state index in [9.17, 15) is 9.90 Å². The van der Waals surface area contributed by atoms with Gasteiger partial charge in [0.05, 0.1) is 21.9 Å². The molecule has 36 heavy (non-hydrogen) atoms. The molecule has 7 nitrogen and oxygen atoms in total. The molecule has 3 N–H and O–H groups in total. The lowest BCUT2D eigenvalue weighted by molar-refractivity contribution is -0.113. The SMILES string of the molecule is CC1=C(C(N)=O)SC(C)N1c1cccc(C(O)CN2CCN(c3cccc4nc(C)ccc34)CC2)c1. The quantitative estimate of drug-likeness (QED) is 0.526. The second kappa shape index (κ2) is 10.1. The van der Waals surface area contributed by atoms with Crippen molar-refractivity contribution in [3.05, 3.63) is 76.5 Å². The summed E-state index contributed by atoms with van der Waals surface area (Å²) in [5.41, 5.74) is 11.5. The Bertz CT molecular complexity index is 1320. The molecule has 8 heteroatoms. The summed E-state index contributed by atoms with van der Waals surface area (Å²) in [6.45, 7) is 10.2. The van der Waals surface area contributed by atoms with Gasteiger partial charge in [-0.2, -0.15) is 0 Å². The van der Waals surface area contributed by atoms with E-state index in [0.717, 1.165) is 54.3 Å². The van der Waals surface area contributed by atoms with Crippen LogP contribution in [0.4, 0.5) is 11.4 Å². The monoisotopic (exact) mass is 503 g/mol. The van der Waals surface area contributed by atoms with Crippen molar-refractivity contribution in [2.45, 2.75) is 32.2 Å². The maximum absolute atomic E-state index is 11.8. The maximum Gasteiger partial charge on any atom is 0.256 e. The number of nitrogens with two attached hydrogens (primary N) is 1. The number of anilines is 2. The number of aryl methyl sites for hydroxylation is 1. The Morgan fingerprint density at radius 1 is 1.11 bits per heavy atom. The van der Waals surface area contributed by atoms with Crippen LogP contribution in [0, 0.1) is 6.92 Å². The molecule has 2 unspecified atom stereocenters. The number of nitrogens with zero attached hydrogens (tertiary/aromatic N) is 4. The van der Waals surface area contributed by atoms with E-state index in [-0.39, 0.29) is 5.37 Å². The zero-order valence-corrected chi connectivity index (χ0v) is 21.8. The normalized spacial score (nSPS) is 19.8. The summed E-state index contributed by atoms with van der Waals surface area (Å²) in [5.74, 6) is -0.392. The lowest BCUT2D eigenvalue weighted by Crippen LogP contribution is -2.47. The number of pyridine rings is 1. The third-order valence-electron chi connectivity index (χ3n) is 7.09. The number of rotatable bonds is 6.